The first-order chi connectivity index (χ1) is 7.61. The van der Waals surface area contributed by atoms with Crippen molar-refractivity contribution in [1.29, 1.82) is 0 Å². The molecule has 0 saturated carbocycles. The molecule has 16 heavy (non-hydrogen) atoms. The highest BCUT2D eigenvalue weighted by molar-refractivity contribution is 7.10. The summed E-state index contributed by atoms with van der Waals surface area (Å²) in [5.74, 6) is -0.479. The molecule has 0 saturated heterocycles. The van der Waals surface area contributed by atoms with Gasteiger partial charge >= 0.3 is 0 Å². The highest BCUT2D eigenvalue weighted by Crippen LogP contribution is 2.34. The third kappa shape index (κ3) is 1.98. The van der Waals surface area contributed by atoms with Crippen molar-refractivity contribution in [2.24, 2.45) is 0 Å². The summed E-state index contributed by atoms with van der Waals surface area (Å²) in [7, 11) is 0. The number of thiophene rings is 1. The van der Waals surface area contributed by atoms with Crippen molar-refractivity contribution in [3.63, 3.8) is 0 Å². The quantitative estimate of drug-likeness (QED) is 0.863. The van der Waals surface area contributed by atoms with Crippen LogP contribution in [0.4, 0.5) is 4.39 Å². The zero-order valence-electron chi connectivity index (χ0n) is 8.58. The van der Waals surface area contributed by atoms with Gasteiger partial charge in [0.05, 0.1) is 0 Å². The predicted octanol–water partition coefficient (Wildman–Crippen LogP) is 3.93. The van der Waals surface area contributed by atoms with E-state index in [4.69, 9.17) is 11.6 Å². The van der Waals surface area contributed by atoms with Crippen molar-refractivity contribution in [2.45, 2.75) is 13.0 Å². The molecular weight excluding hydrogens is 247 g/mol. The lowest BCUT2D eigenvalue weighted by molar-refractivity contribution is 0.218. The maximum atomic E-state index is 13.6. The summed E-state index contributed by atoms with van der Waals surface area (Å²) in [5.41, 5.74) is 1.09. The topological polar surface area (TPSA) is 20.2 Å². The molecule has 1 aromatic heterocycles. The van der Waals surface area contributed by atoms with E-state index in [0.717, 1.165) is 10.4 Å². The molecule has 84 valence electrons. The Morgan fingerprint density at radius 1 is 1.38 bits per heavy atom. The molecule has 1 atom stereocenters. The van der Waals surface area contributed by atoms with E-state index >= 15 is 0 Å². The lowest BCUT2D eigenvalue weighted by Crippen LogP contribution is -2.02. The molecule has 1 heterocycles. The van der Waals surface area contributed by atoms with Crippen LogP contribution in [0.3, 0.4) is 0 Å². The van der Waals surface area contributed by atoms with Crippen molar-refractivity contribution in [3.05, 3.63) is 56.5 Å². The van der Waals surface area contributed by atoms with Crippen molar-refractivity contribution in [2.75, 3.05) is 0 Å². The van der Waals surface area contributed by atoms with Gasteiger partial charge in [0.25, 0.3) is 0 Å². The Balaban J connectivity index is 2.49. The van der Waals surface area contributed by atoms with Crippen molar-refractivity contribution >= 4 is 22.9 Å². The Hall–Kier alpha value is -0.900. The van der Waals surface area contributed by atoms with E-state index in [1.807, 2.05) is 18.4 Å². The first-order valence-electron chi connectivity index (χ1n) is 4.77. The first-order valence-corrected chi connectivity index (χ1v) is 6.03. The highest BCUT2D eigenvalue weighted by atomic mass is 35.5. The molecular formula is C12H10ClFOS. The van der Waals surface area contributed by atoms with Gasteiger partial charge in [-0.1, -0.05) is 17.7 Å². The monoisotopic (exact) mass is 256 g/mol. The van der Waals surface area contributed by atoms with Crippen LogP contribution in [0.5, 0.6) is 0 Å². The fraction of sp³-hybridized carbons (Fsp3) is 0.167. The molecule has 0 aliphatic carbocycles. The van der Waals surface area contributed by atoms with Gasteiger partial charge in [-0.05, 0) is 36.1 Å². The van der Waals surface area contributed by atoms with Crippen LogP contribution < -0.4 is 0 Å². The van der Waals surface area contributed by atoms with E-state index in [1.165, 1.54) is 23.5 Å². The molecule has 2 aromatic rings. The smallest absolute Gasteiger partial charge is 0.130 e. The summed E-state index contributed by atoms with van der Waals surface area (Å²) in [6.45, 7) is 1.88. The number of hydrogen-bond acceptors (Lipinski definition) is 2. The average molecular weight is 257 g/mol. The van der Waals surface area contributed by atoms with E-state index < -0.39 is 11.9 Å². The number of rotatable bonds is 2. The van der Waals surface area contributed by atoms with Crippen LogP contribution in [-0.2, 0) is 0 Å². The van der Waals surface area contributed by atoms with Gasteiger partial charge in [-0.15, -0.1) is 11.3 Å². The van der Waals surface area contributed by atoms with Gasteiger partial charge in [0.2, 0.25) is 0 Å². The van der Waals surface area contributed by atoms with Crippen LogP contribution >= 0.6 is 22.9 Å². The molecule has 0 radical (unpaired) electrons. The first kappa shape index (κ1) is 11.6. The van der Waals surface area contributed by atoms with E-state index in [1.54, 1.807) is 6.07 Å². The molecule has 0 aliphatic rings. The van der Waals surface area contributed by atoms with E-state index in [2.05, 4.69) is 0 Å². The molecule has 1 nitrogen and oxygen atoms in total. The standard InChI is InChI=1S/C12H10ClFOS/c1-7-5-6-16-12(7)11(15)10-8(13)3-2-4-9(10)14/h2-6,11,15H,1H3. The number of aliphatic hydroxyl groups is 1. The molecule has 0 bridgehead atoms. The van der Waals surface area contributed by atoms with Crippen LogP contribution in [0.25, 0.3) is 0 Å². The maximum Gasteiger partial charge on any atom is 0.130 e. The summed E-state index contributed by atoms with van der Waals surface area (Å²) in [6, 6.07) is 6.28. The zero-order valence-corrected chi connectivity index (χ0v) is 10.1. The summed E-state index contributed by atoms with van der Waals surface area (Å²) >= 11 is 7.29. The summed E-state index contributed by atoms with van der Waals surface area (Å²) < 4.78 is 13.6. The van der Waals surface area contributed by atoms with Gasteiger partial charge in [-0.3, -0.25) is 0 Å². The Morgan fingerprint density at radius 2 is 2.12 bits per heavy atom. The number of hydrogen-bond donors (Lipinski definition) is 1. The van der Waals surface area contributed by atoms with Crippen LogP contribution in [0.2, 0.25) is 5.02 Å². The molecule has 0 spiro atoms. The minimum atomic E-state index is -0.992. The van der Waals surface area contributed by atoms with Crippen LogP contribution in [0.15, 0.2) is 29.6 Å². The van der Waals surface area contributed by atoms with Gasteiger partial charge in [0.1, 0.15) is 11.9 Å². The Kier molecular flexibility index (Phi) is 3.28. The number of halogens is 2. The summed E-state index contributed by atoms with van der Waals surface area (Å²) in [5, 5.41) is 12.2. The molecule has 0 fully saturated rings. The Labute approximate surface area is 102 Å². The molecule has 1 aromatic carbocycles. The fourth-order valence-corrected chi connectivity index (χ4v) is 2.75. The lowest BCUT2D eigenvalue weighted by Gasteiger charge is -2.13. The lowest BCUT2D eigenvalue weighted by atomic mass is 10.1. The third-order valence-corrected chi connectivity index (χ3v) is 3.82. The third-order valence-electron chi connectivity index (χ3n) is 2.42. The predicted molar refractivity (Wildman–Crippen MR) is 64.5 cm³/mol. The van der Waals surface area contributed by atoms with Crippen molar-refractivity contribution in [3.8, 4) is 0 Å². The average Bonchev–Trinajstić information content (AvgIpc) is 2.64. The Bertz CT molecular complexity index is 489. The minimum absolute atomic E-state index is 0.148. The van der Waals surface area contributed by atoms with E-state index in [9.17, 15) is 9.50 Å². The number of benzene rings is 1. The zero-order chi connectivity index (χ0) is 11.7. The molecule has 1 N–H and O–H groups in total. The van der Waals surface area contributed by atoms with E-state index in [-0.39, 0.29) is 10.6 Å². The molecule has 4 heteroatoms. The van der Waals surface area contributed by atoms with E-state index in [0.29, 0.717) is 0 Å². The molecule has 0 aliphatic heterocycles. The van der Waals surface area contributed by atoms with Crippen molar-refractivity contribution < 1.29 is 9.50 Å². The van der Waals surface area contributed by atoms with Crippen molar-refractivity contribution in [1.82, 2.24) is 0 Å². The van der Waals surface area contributed by atoms with Gasteiger partial charge < -0.3 is 5.11 Å². The maximum absolute atomic E-state index is 13.6. The normalized spacial score (nSPS) is 12.8. The second kappa shape index (κ2) is 4.53. The number of aryl methyl sites for hydroxylation is 1. The number of aliphatic hydroxyl groups excluding tert-OH is 1. The van der Waals surface area contributed by atoms with Crippen LogP contribution in [0, 0.1) is 12.7 Å². The van der Waals surface area contributed by atoms with Crippen LogP contribution in [0.1, 0.15) is 22.1 Å². The molecule has 2 rings (SSSR count). The summed E-state index contributed by atoms with van der Waals surface area (Å²) in [6.07, 6.45) is -0.992. The Morgan fingerprint density at radius 3 is 2.69 bits per heavy atom. The van der Waals surface area contributed by atoms with Gasteiger partial charge in [0.15, 0.2) is 0 Å². The second-order valence-electron chi connectivity index (χ2n) is 3.51. The molecule has 0 amide bonds. The highest BCUT2D eigenvalue weighted by Gasteiger charge is 2.20. The van der Waals surface area contributed by atoms with Gasteiger partial charge in [0, 0.05) is 15.5 Å². The molecule has 1 unspecified atom stereocenters. The van der Waals surface area contributed by atoms with Gasteiger partial charge in [-0.2, -0.15) is 0 Å². The fourth-order valence-electron chi connectivity index (χ4n) is 1.57. The van der Waals surface area contributed by atoms with Crippen LogP contribution in [-0.4, -0.2) is 5.11 Å². The van der Waals surface area contributed by atoms with Gasteiger partial charge in [-0.25, -0.2) is 4.39 Å². The minimum Gasteiger partial charge on any atom is -0.383 e. The SMILES string of the molecule is Cc1ccsc1C(O)c1c(F)cccc1Cl. The summed E-state index contributed by atoms with van der Waals surface area (Å²) in [4.78, 5) is 0.729. The second-order valence-corrected chi connectivity index (χ2v) is 4.86. The largest absolute Gasteiger partial charge is 0.383 e.